The summed E-state index contributed by atoms with van der Waals surface area (Å²) < 4.78 is 13.0. The highest BCUT2D eigenvalue weighted by Crippen LogP contribution is 2.42. The van der Waals surface area contributed by atoms with Gasteiger partial charge in [0, 0.05) is 24.2 Å². The molecule has 1 aromatic carbocycles. The van der Waals surface area contributed by atoms with Crippen molar-refractivity contribution in [3.63, 3.8) is 0 Å². The molecule has 1 aromatic heterocycles. The minimum absolute atomic E-state index is 0.219. The Labute approximate surface area is 145 Å². The predicted molar refractivity (Wildman–Crippen MR) is 89.4 cm³/mol. The van der Waals surface area contributed by atoms with Crippen molar-refractivity contribution < 1.29 is 14.6 Å². The van der Waals surface area contributed by atoms with Gasteiger partial charge in [-0.3, -0.25) is 4.79 Å². The number of nitriles is 1. The predicted octanol–water partition coefficient (Wildman–Crippen LogP) is 1.79. The van der Waals surface area contributed by atoms with Gasteiger partial charge in [0.25, 0.3) is 5.56 Å². The lowest BCUT2D eigenvalue weighted by molar-refractivity contribution is -0.104. The summed E-state index contributed by atoms with van der Waals surface area (Å²) in [4.78, 5) is 11.7. The lowest BCUT2D eigenvalue weighted by Gasteiger charge is -2.41. The highest BCUT2D eigenvalue weighted by molar-refractivity contribution is 5.46. The number of aliphatic hydroxyl groups excluding tert-OH is 1. The molecule has 7 nitrogen and oxygen atoms in total. The average Bonchev–Trinajstić information content (AvgIpc) is 2.59. The van der Waals surface area contributed by atoms with Gasteiger partial charge in [0.2, 0.25) is 5.88 Å². The molecule has 0 saturated heterocycles. The number of fused-ring (bicyclic) bond motifs is 1. The quantitative estimate of drug-likeness (QED) is 0.914. The van der Waals surface area contributed by atoms with Gasteiger partial charge >= 0.3 is 0 Å². The number of aliphatic hydroxyl groups is 1. The standard InChI is InChI=1S/C18H19N3O4/c1-4-21-15(22)8-7-14(20-21)24-16-12-9-11(10-19)5-6-13(12)25-18(2,3)17(16)23/h5-9,16-17,23H,4H2,1-3H3/t16-,17+/m1/s1. The number of rotatable bonds is 3. The lowest BCUT2D eigenvalue weighted by Crippen LogP contribution is -2.50. The van der Waals surface area contributed by atoms with E-state index in [2.05, 4.69) is 11.2 Å². The van der Waals surface area contributed by atoms with Crippen LogP contribution < -0.4 is 15.0 Å². The molecule has 1 N–H and O–H groups in total. The monoisotopic (exact) mass is 341 g/mol. The van der Waals surface area contributed by atoms with Gasteiger partial charge in [-0.05, 0) is 39.0 Å². The Hall–Kier alpha value is -2.85. The molecule has 0 aliphatic carbocycles. The summed E-state index contributed by atoms with van der Waals surface area (Å²) in [6, 6.07) is 9.89. The Morgan fingerprint density at radius 1 is 1.40 bits per heavy atom. The maximum atomic E-state index is 11.7. The fourth-order valence-electron chi connectivity index (χ4n) is 2.79. The van der Waals surface area contributed by atoms with E-state index in [1.807, 2.05) is 0 Å². The van der Waals surface area contributed by atoms with Crippen LogP contribution in [0.15, 0.2) is 35.1 Å². The van der Waals surface area contributed by atoms with E-state index in [0.717, 1.165) is 0 Å². The molecule has 0 unspecified atom stereocenters. The molecule has 3 rings (SSSR count). The lowest BCUT2D eigenvalue weighted by atomic mass is 9.88. The summed E-state index contributed by atoms with van der Waals surface area (Å²) in [6.45, 7) is 5.73. The molecule has 0 spiro atoms. The zero-order valence-corrected chi connectivity index (χ0v) is 14.3. The van der Waals surface area contributed by atoms with E-state index >= 15 is 0 Å². The zero-order valence-electron chi connectivity index (χ0n) is 14.3. The highest BCUT2D eigenvalue weighted by atomic mass is 16.5. The van der Waals surface area contributed by atoms with E-state index in [1.165, 1.54) is 16.8 Å². The molecule has 1 aliphatic rings. The topological polar surface area (TPSA) is 97.4 Å². The number of nitrogens with zero attached hydrogens (tertiary/aromatic N) is 3. The Kier molecular flexibility index (Phi) is 4.23. The first-order valence-electron chi connectivity index (χ1n) is 8.01. The second kappa shape index (κ2) is 6.22. The zero-order chi connectivity index (χ0) is 18.2. The largest absolute Gasteiger partial charge is 0.485 e. The molecule has 2 atom stereocenters. The number of aryl methyl sites for hydroxylation is 1. The van der Waals surface area contributed by atoms with Gasteiger partial charge in [-0.15, -0.1) is 5.10 Å². The van der Waals surface area contributed by atoms with Gasteiger partial charge in [0.1, 0.15) is 17.5 Å². The summed E-state index contributed by atoms with van der Waals surface area (Å²) >= 11 is 0. The molecule has 2 aromatic rings. The fourth-order valence-corrected chi connectivity index (χ4v) is 2.79. The number of ether oxygens (including phenoxy) is 2. The Balaban J connectivity index is 2.05. The number of benzene rings is 1. The molecule has 0 radical (unpaired) electrons. The van der Waals surface area contributed by atoms with Crippen molar-refractivity contribution in [1.29, 1.82) is 5.26 Å². The van der Waals surface area contributed by atoms with Crippen LogP contribution in [0.3, 0.4) is 0 Å². The molecular weight excluding hydrogens is 322 g/mol. The maximum Gasteiger partial charge on any atom is 0.266 e. The van der Waals surface area contributed by atoms with Gasteiger partial charge in [-0.25, -0.2) is 4.68 Å². The third-order valence-corrected chi connectivity index (χ3v) is 4.21. The molecule has 0 amide bonds. The van der Waals surface area contributed by atoms with Crippen molar-refractivity contribution in [2.45, 2.75) is 45.1 Å². The molecule has 130 valence electrons. The second-order valence-electron chi connectivity index (χ2n) is 6.38. The normalized spacial score (nSPS) is 20.9. The first kappa shape index (κ1) is 17.0. The molecule has 0 saturated carbocycles. The van der Waals surface area contributed by atoms with Gasteiger partial charge in [0.15, 0.2) is 6.10 Å². The van der Waals surface area contributed by atoms with Crippen LogP contribution in [0, 0.1) is 11.3 Å². The van der Waals surface area contributed by atoms with Crippen LogP contribution in [-0.4, -0.2) is 26.6 Å². The Bertz CT molecular complexity index is 898. The Morgan fingerprint density at radius 3 is 2.84 bits per heavy atom. The summed E-state index contributed by atoms with van der Waals surface area (Å²) in [5, 5.41) is 24.0. The average molecular weight is 341 g/mol. The van der Waals surface area contributed by atoms with Crippen molar-refractivity contribution in [1.82, 2.24) is 9.78 Å². The first-order chi connectivity index (χ1) is 11.9. The van der Waals surface area contributed by atoms with Crippen LogP contribution in [0.25, 0.3) is 0 Å². The summed E-state index contributed by atoms with van der Waals surface area (Å²) in [5.74, 6) is 0.764. The van der Waals surface area contributed by atoms with Crippen molar-refractivity contribution in [3.05, 3.63) is 51.8 Å². The van der Waals surface area contributed by atoms with Crippen LogP contribution >= 0.6 is 0 Å². The van der Waals surface area contributed by atoms with Gasteiger partial charge in [-0.2, -0.15) is 5.26 Å². The second-order valence-corrected chi connectivity index (χ2v) is 6.38. The van der Waals surface area contributed by atoms with Gasteiger partial charge in [-0.1, -0.05) is 0 Å². The number of aromatic nitrogens is 2. The Morgan fingerprint density at radius 2 is 2.16 bits per heavy atom. The van der Waals surface area contributed by atoms with E-state index < -0.39 is 17.8 Å². The third-order valence-electron chi connectivity index (χ3n) is 4.21. The van der Waals surface area contributed by atoms with Crippen molar-refractivity contribution in [2.24, 2.45) is 0 Å². The van der Waals surface area contributed by atoms with Crippen LogP contribution in [-0.2, 0) is 6.54 Å². The summed E-state index contributed by atoms with van der Waals surface area (Å²) in [7, 11) is 0. The van der Waals surface area contributed by atoms with Crippen molar-refractivity contribution in [3.8, 4) is 17.7 Å². The van der Waals surface area contributed by atoms with E-state index in [0.29, 0.717) is 23.4 Å². The SMILES string of the molecule is CCn1nc(O[C@@H]2c3cc(C#N)ccc3OC(C)(C)[C@H]2O)ccc1=O. The molecule has 7 heteroatoms. The number of hydrogen-bond donors (Lipinski definition) is 1. The molecule has 0 fully saturated rings. The van der Waals surface area contributed by atoms with Crippen LogP contribution in [0.5, 0.6) is 11.6 Å². The first-order valence-corrected chi connectivity index (χ1v) is 8.01. The molecular formula is C18H19N3O4. The van der Waals surface area contributed by atoms with Crippen molar-refractivity contribution >= 4 is 0 Å². The summed E-state index contributed by atoms with van der Waals surface area (Å²) in [5.41, 5.74) is -0.100. The summed E-state index contributed by atoms with van der Waals surface area (Å²) in [6.07, 6.45) is -1.76. The molecule has 25 heavy (non-hydrogen) atoms. The van der Waals surface area contributed by atoms with E-state index in [-0.39, 0.29) is 11.4 Å². The van der Waals surface area contributed by atoms with Crippen LogP contribution in [0.1, 0.15) is 38.0 Å². The van der Waals surface area contributed by atoms with Crippen LogP contribution in [0.4, 0.5) is 0 Å². The number of hydrogen-bond acceptors (Lipinski definition) is 6. The van der Waals surface area contributed by atoms with E-state index in [9.17, 15) is 9.90 Å². The van der Waals surface area contributed by atoms with E-state index in [1.54, 1.807) is 39.0 Å². The smallest absolute Gasteiger partial charge is 0.266 e. The fraction of sp³-hybridized carbons (Fsp3) is 0.389. The molecule has 0 bridgehead atoms. The molecule has 2 heterocycles. The minimum atomic E-state index is -0.988. The van der Waals surface area contributed by atoms with Gasteiger partial charge < -0.3 is 14.6 Å². The third kappa shape index (κ3) is 3.08. The molecule has 1 aliphatic heterocycles. The van der Waals surface area contributed by atoms with Crippen LogP contribution in [0.2, 0.25) is 0 Å². The van der Waals surface area contributed by atoms with Crippen molar-refractivity contribution in [2.75, 3.05) is 0 Å². The van der Waals surface area contributed by atoms with Gasteiger partial charge in [0.05, 0.1) is 11.6 Å². The minimum Gasteiger partial charge on any atom is -0.485 e. The maximum absolute atomic E-state index is 11.7. The highest BCUT2D eigenvalue weighted by Gasteiger charge is 2.44. The van der Waals surface area contributed by atoms with E-state index in [4.69, 9.17) is 14.7 Å².